The zero-order valence-electron chi connectivity index (χ0n) is 10.4. The lowest BCUT2D eigenvalue weighted by Gasteiger charge is -2.09. The van der Waals surface area contributed by atoms with E-state index in [9.17, 15) is 4.79 Å². The van der Waals surface area contributed by atoms with Gasteiger partial charge in [-0.15, -0.1) is 0 Å². The van der Waals surface area contributed by atoms with Gasteiger partial charge in [-0.2, -0.15) is 0 Å². The molecule has 2 rings (SSSR count). The minimum atomic E-state index is -0.0938. The average Bonchev–Trinajstić information content (AvgIpc) is 2.42. The predicted octanol–water partition coefficient (Wildman–Crippen LogP) is 3.49. The van der Waals surface area contributed by atoms with Crippen LogP contribution in [0.15, 0.2) is 48.5 Å². The summed E-state index contributed by atoms with van der Waals surface area (Å²) in [6.07, 6.45) is 1.09. The lowest BCUT2D eigenvalue weighted by atomic mass is 10.1. The predicted molar refractivity (Wildman–Crippen MR) is 79.3 cm³/mol. The summed E-state index contributed by atoms with van der Waals surface area (Å²) in [5, 5.41) is 3.20. The van der Waals surface area contributed by atoms with Crippen LogP contribution >= 0.6 is 11.6 Å². The number of benzene rings is 2. The normalized spacial score (nSPS) is 10.2. The molecule has 0 atom stereocenters. The van der Waals surface area contributed by atoms with Crippen molar-refractivity contribution in [3.05, 3.63) is 59.1 Å². The summed E-state index contributed by atoms with van der Waals surface area (Å²) >= 11 is 6.00. The Morgan fingerprint density at radius 1 is 1.11 bits per heavy atom. The molecular weight excluding hydrogens is 260 g/mol. The number of hydrogen-bond donors (Lipinski definition) is 2. The maximum Gasteiger partial charge on any atom is 0.224 e. The summed E-state index contributed by atoms with van der Waals surface area (Å²) in [5.74, 6) is -0.0938. The largest absolute Gasteiger partial charge is 0.397 e. The van der Waals surface area contributed by atoms with Crippen LogP contribution in [0.5, 0.6) is 0 Å². The lowest BCUT2D eigenvalue weighted by molar-refractivity contribution is -0.116. The van der Waals surface area contributed by atoms with Crippen LogP contribution in [0.4, 0.5) is 11.4 Å². The van der Waals surface area contributed by atoms with Gasteiger partial charge in [0.05, 0.1) is 16.4 Å². The Morgan fingerprint density at radius 2 is 1.84 bits per heavy atom. The van der Waals surface area contributed by atoms with Gasteiger partial charge in [0, 0.05) is 6.42 Å². The lowest BCUT2D eigenvalue weighted by Crippen LogP contribution is -2.14. The van der Waals surface area contributed by atoms with Gasteiger partial charge in [-0.25, -0.2) is 0 Å². The molecule has 0 aliphatic carbocycles. The van der Waals surface area contributed by atoms with Gasteiger partial charge in [0.2, 0.25) is 5.91 Å². The number of nitrogens with two attached hydrogens (primary N) is 1. The number of nitrogens with one attached hydrogen (secondary N) is 1. The van der Waals surface area contributed by atoms with Crippen molar-refractivity contribution in [1.29, 1.82) is 0 Å². The molecule has 0 saturated heterocycles. The first kappa shape index (κ1) is 13.4. The van der Waals surface area contributed by atoms with E-state index in [0.29, 0.717) is 29.2 Å². The molecule has 3 N–H and O–H groups in total. The summed E-state index contributed by atoms with van der Waals surface area (Å²) in [4.78, 5) is 11.9. The molecule has 2 aromatic rings. The number of amides is 1. The minimum Gasteiger partial charge on any atom is -0.397 e. The van der Waals surface area contributed by atoms with Crippen LogP contribution in [-0.2, 0) is 11.2 Å². The molecule has 4 heteroatoms. The second kappa shape index (κ2) is 6.25. The van der Waals surface area contributed by atoms with Crippen LogP contribution in [0.25, 0.3) is 0 Å². The van der Waals surface area contributed by atoms with E-state index >= 15 is 0 Å². The standard InChI is InChI=1S/C15H15ClN2O/c16-12-7-4-8-13(17)15(12)18-14(19)10-9-11-5-2-1-3-6-11/h1-8H,9-10,17H2,(H,18,19). The molecule has 0 aromatic heterocycles. The fraction of sp³-hybridized carbons (Fsp3) is 0.133. The third-order valence-electron chi connectivity index (χ3n) is 2.79. The number of carbonyl (C=O) groups is 1. The molecule has 0 aliphatic heterocycles. The summed E-state index contributed by atoms with van der Waals surface area (Å²) < 4.78 is 0. The second-order valence-corrected chi connectivity index (χ2v) is 4.65. The summed E-state index contributed by atoms with van der Waals surface area (Å²) in [6.45, 7) is 0. The number of nitrogen functional groups attached to an aromatic ring is 1. The van der Waals surface area contributed by atoms with Crippen LogP contribution < -0.4 is 11.1 Å². The number of rotatable bonds is 4. The van der Waals surface area contributed by atoms with Gasteiger partial charge in [0.1, 0.15) is 0 Å². The van der Waals surface area contributed by atoms with E-state index in [1.54, 1.807) is 18.2 Å². The van der Waals surface area contributed by atoms with Gasteiger partial charge in [-0.3, -0.25) is 4.79 Å². The highest BCUT2D eigenvalue weighted by atomic mass is 35.5. The van der Waals surface area contributed by atoms with Crippen LogP contribution in [0.1, 0.15) is 12.0 Å². The molecule has 19 heavy (non-hydrogen) atoms. The molecule has 0 spiro atoms. The molecule has 2 aromatic carbocycles. The van der Waals surface area contributed by atoms with Gasteiger partial charge >= 0.3 is 0 Å². The Bertz CT molecular complexity index is 549. The average molecular weight is 275 g/mol. The first-order valence-corrected chi connectivity index (χ1v) is 6.42. The summed E-state index contributed by atoms with van der Waals surface area (Å²) in [6, 6.07) is 15.0. The van der Waals surface area contributed by atoms with Gasteiger partial charge in [-0.05, 0) is 24.1 Å². The topological polar surface area (TPSA) is 55.1 Å². The Morgan fingerprint density at radius 3 is 2.53 bits per heavy atom. The number of halogens is 1. The first-order chi connectivity index (χ1) is 9.16. The van der Waals surface area contributed by atoms with Crippen molar-refractivity contribution in [1.82, 2.24) is 0 Å². The molecule has 1 amide bonds. The van der Waals surface area contributed by atoms with Crippen molar-refractivity contribution in [2.45, 2.75) is 12.8 Å². The Hall–Kier alpha value is -2.00. The maximum atomic E-state index is 11.9. The summed E-state index contributed by atoms with van der Waals surface area (Å²) in [5.41, 5.74) is 7.87. The third kappa shape index (κ3) is 3.73. The number of hydrogen-bond acceptors (Lipinski definition) is 2. The Labute approximate surface area is 117 Å². The van der Waals surface area contributed by atoms with Crippen LogP contribution in [0.3, 0.4) is 0 Å². The van der Waals surface area contributed by atoms with Crippen molar-refractivity contribution >= 4 is 28.9 Å². The highest BCUT2D eigenvalue weighted by molar-refractivity contribution is 6.34. The highest BCUT2D eigenvalue weighted by Gasteiger charge is 2.08. The molecule has 98 valence electrons. The zero-order chi connectivity index (χ0) is 13.7. The van der Waals surface area contributed by atoms with Gasteiger partial charge in [0.25, 0.3) is 0 Å². The van der Waals surface area contributed by atoms with Crippen molar-refractivity contribution < 1.29 is 4.79 Å². The van der Waals surface area contributed by atoms with Crippen LogP contribution in [-0.4, -0.2) is 5.91 Å². The highest BCUT2D eigenvalue weighted by Crippen LogP contribution is 2.27. The fourth-order valence-electron chi connectivity index (χ4n) is 1.78. The van der Waals surface area contributed by atoms with Crippen molar-refractivity contribution in [3.63, 3.8) is 0 Å². The third-order valence-corrected chi connectivity index (χ3v) is 3.11. The summed E-state index contributed by atoms with van der Waals surface area (Å²) in [7, 11) is 0. The van der Waals surface area contributed by atoms with Crippen molar-refractivity contribution in [2.24, 2.45) is 0 Å². The van der Waals surface area contributed by atoms with Crippen LogP contribution in [0.2, 0.25) is 5.02 Å². The van der Waals surface area contributed by atoms with Crippen molar-refractivity contribution in [2.75, 3.05) is 11.1 Å². The monoisotopic (exact) mass is 274 g/mol. The SMILES string of the molecule is Nc1cccc(Cl)c1NC(=O)CCc1ccccc1. The molecule has 0 aliphatic rings. The maximum absolute atomic E-state index is 11.9. The molecule has 0 saturated carbocycles. The fourth-order valence-corrected chi connectivity index (χ4v) is 2.01. The van der Waals surface area contributed by atoms with E-state index in [4.69, 9.17) is 17.3 Å². The van der Waals surface area contributed by atoms with E-state index in [1.165, 1.54) is 0 Å². The molecule has 3 nitrogen and oxygen atoms in total. The van der Waals surface area contributed by atoms with Gasteiger partial charge in [-0.1, -0.05) is 48.0 Å². The zero-order valence-corrected chi connectivity index (χ0v) is 11.2. The Balaban J connectivity index is 1.95. The first-order valence-electron chi connectivity index (χ1n) is 6.04. The second-order valence-electron chi connectivity index (χ2n) is 4.24. The Kier molecular flexibility index (Phi) is 4.42. The number of carbonyl (C=O) groups excluding carboxylic acids is 1. The van der Waals surface area contributed by atoms with E-state index < -0.39 is 0 Å². The number of para-hydroxylation sites is 1. The van der Waals surface area contributed by atoms with E-state index in [0.717, 1.165) is 5.56 Å². The van der Waals surface area contributed by atoms with Gasteiger partial charge < -0.3 is 11.1 Å². The number of aryl methyl sites for hydroxylation is 1. The number of anilines is 2. The molecule has 0 heterocycles. The van der Waals surface area contributed by atoms with E-state index in [2.05, 4.69) is 5.32 Å². The minimum absolute atomic E-state index is 0.0938. The quantitative estimate of drug-likeness (QED) is 0.839. The smallest absolute Gasteiger partial charge is 0.224 e. The van der Waals surface area contributed by atoms with Crippen LogP contribution in [0, 0.1) is 0 Å². The molecule has 0 unspecified atom stereocenters. The van der Waals surface area contributed by atoms with Crippen molar-refractivity contribution in [3.8, 4) is 0 Å². The molecule has 0 radical (unpaired) electrons. The van der Waals surface area contributed by atoms with E-state index in [1.807, 2.05) is 30.3 Å². The molecule has 0 bridgehead atoms. The van der Waals surface area contributed by atoms with Gasteiger partial charge in [0.15, 0.2) is 0 Å². The van der Waals surface area contributed by atoms with E-state index in [-0.39, 0.29) is 5.91 Å². The molecule has 0 fully saturated rings. The molecular formula is C15H15ClN2O.